The van der Waals surface area contributed by atoms with Gasteiger partial charge in [0.1, 0.15) is 5.75 Å². The number of aromatic nitrogens is 2. The summed E-state index contributed by atoms with van der Waals surface area (Å²) in [5.41, 5.74) is 5.69. The standard InChI is InChI=1S/C22H25N3O2/c1-15-10-11-20(16(2)14-15)27-13-12-21(26)23-22-17(3)24-25(18(22)4)19-8-6-5-7-9-19/h5-11,14H,12-13H2,1-4H3,(H,23,26). The van der Waals surface area contributed by atoms with Gasteiger partial charge >= 0.3 is 0 Å². The summed E-state index contributed by atoms with van der Waals surface area (Å²) in [6, 6.07) is 15.9. The maximum Gasteiger partial charge on any atom is 0.227 e. The van der Waals surface area contributed by atoms with Crippen molar-refractivity contribution in [1.29, 1.82) is 0 Å². The molecule has 0 aliphatic rings. The van der Waals surface area contributed by atoms with Gasteiger partial charge in [0.2, 0.25) is 5.91 Å². The van der Waals surface area contributed by atoms with Crippen LogP contribution >= 0.6 is 0 Å². The van der Waals surface area contributed by atoms with Crippen LogP contribution in [0.25, 0.3) is 5.69 Å². The van der Waals surface area contributed by atoms with Crippen molar-refractivity contribution in [1.82, 2.24) is 9.78 Å². The first-order chi connectivity index (χ1) is 13.0. The number of anilines is 1. The molecule has 2 aromatic carbocycles. The van der Waals surface area contributed by atoms with Crippen LogP contribution in [0.1, 0.15) is 28.9 Å². The average molecular weight is 363 g/mol. The number of aryl methyl sites for hydroxylation is 3. The fourth-order valence-corrected chi connectivity index (χ4v) is 3.06. The molecule has 3 aromatic rings. The number of ether oxygens (including phenoxy) is 1. The highest BCUT2D eigenvalue weighted by atomic mass is 16.5. The Kier molecular flexibility index (Phi) is 5.60. The van der Waals surface area contributed by atoms with Gasteiger partial charge in [-0.15, -0.1) is 0 Å². The highest BCUT2D eigenvalue weighted by Crippen LogP contribution is 2.23. The lowest BCUT2D eigenvalue weighted by molar-refractivity contribution is -0.116. The van der Waals surface area contributed by atoms with Crippen molar-refractivity contribution in [3.8, 4) is 11.4 Å². The first kappa shape index (κ1) is 18.7. The van der Waals surface area contributed by atoms with Crippen molar-refractivity contribution >= 4 is 11.6 Å². The molecule has 1 aromatic heterocycles. The largest absolute Gasteiger partial charge is 0.493 e. The number of nitrogens with zero attached hydrogens (tertiary/aromatic N) is 2. The lowest BCUT2D eigenvalue weighted by Crippen LogP contribution is -2.16. The van der Waals surface area contributed by atoms with E-state index in [0.29, 0.717) is 6.61 Å². The van der Waals surface area contributed by atoms with Crippen molar-refractivity contribution in [2.24, 2.45) is 0 Å². The summed E-state index contributed by atoms with van der Waals surface area (Å²) in [5.74, 6) is 0.733. The molecule has 0 bridgehead atoms. The minimum Gasteiger partial charge on any atom is -0.493 e. The van der Waals surface area contributed by atoms with Crippen molar-refractivity contribution in [3.63, 3.8) is 0 Å². The zero-order valence-corrected chi connectivity index (χ0v) is 16.2. The lowest BCUT2D eigenvalue weighted by Gasteiger charge is -2.10. The van der Waals surface area contributed by atoms with E-state index in [4.69, 9.17) is 4.74 Å². The van der Waals surface area contributed by atoms with Crippen LogP contribution < -0.4 is 10.1 Å². The summed E-state index contributed by atoms with van der Waals surface area (Å²) in [5, 5.41) is 7.53. The van der Waals surface area contributed by atoms with Gasteiger partial charge in [0, 0.05) is 0 Å². The third kappa shape index (κ3) is 4.37. The minimum atomic E-state index is -0.0847. The first-order valence-corrected chi connectivity index (χ1v) is 9.07. The van der Waals surface area contributed by atoms with Crippen molar-refractivity contribution in [3.05, 3.63) is 71.0 Å². The van der Waals surface area contributed by atoms with Gasteiger partial charge in [-0.2, -0.15) is 5.10 Å². The SMILES string of the molecule is Cc1ccc(OCCC(=O)Nc2c(C)nn(-c3ccccc3)c2C)c(C)c1. The first-order valence-electron chi connectivity index (χ1n) is 9.07. The number of rotatable bonds is 6. The quantitative estimate of drug-likeness (QED) is 0.701. The summed E-state index contributed by atoms with van der Waals surface area (Å²) >= 11 is 0. The van der Waals surface area contributed by atoms with Crippen LogP contribution in [0, 0.1) is 27.7 Å². The Labute approximate surface area is 160 Å². The van der Waals surface area contributed by atoms with Crippen LogP contribution in [0.15, 0.2) is 48.5 Å². The number of carbonyl (C=O) groups is 1. The molecule has 0 unspecified atom stereocenters. The van der Waals surface area contributed by atoms with Gasteiger partial charge in [0.25, 0.3) is 0 Å². The second kappa shape index (κ2) is 8.08. The van der Waals surface area contributed by atoms with E-state index in [1.165, 1.54) is 5.56 Å². The molecule has 1 heterocycles. The topological polar surface area (TPSA) is 56.1 Å². The molecule has 0 saturated carbocycles. The van der Waals surface area contributed by atoms with Gasteiger partial charge in [-0.3, -0.25) is 4.79 Å². The maximum absolute atomic E-state index is 12.4. The van der Waals surface area contributed by atoms with Gasteiger partial charge < -0.3 is 10.1 Å². The molecule has 5 heteroatoms. The normalized spacial score (nSPS) is 10.7. The number of para-hydroxylation sites is 1. The third-order valence-electron chi connectivity index (χ3n) is 4.47. The van der Waals surface area contributed by atoms with Gasteiger partial charge in [0.15, 0.2) is 0 Å². The lowest BCUT2D eigenvalue weighted by atomic mass is 10.1. The number of benzene rings is 2. The number of hydrogen-bond donors (Lipinski definition) is 1. The van der Waals surface area contributed by atoms with Crippen molar-refractivity contribution in [2.75, 3.05) is 11.9 Å². The van der Waals surface area contributed by atoms with Crippen LogP contribution in [-0.4, -0.2) is 22.3 Å². The maximum atomic E-state index is 12.4. The number of nitrogens with one attached hydrogen (secondary N) is 1. The molecule has 0 radical (unpaired) electrons. The van der Waals surface area contributed by atoms with Gasteiger partial charge in [-0.1, -0.05) is 35.9 Å². The zero-order valence-electron chi connectivity index (χ0n) is 16.2. The number of hydrogen-bond acceptors (Lipinski definition) is 3. The summed E-state index contributed by atoms with van der Waals surface area (Å²) in [4.78, 5) is 12.4. The highest BCUT2D eigenvalue weighted by molar-refractivity contribution is 5.92. The Hall–Kier alpha value is -3.08. The molecule has 0 aliphatic carbocycles. The molecule has 1 amide bonds. The fraction of sp³-hybridized carbons (Fsp3) is 0.273. The number of carbonyl (C=O) groups excluding carboxylic acids is 1. The van der Waals surface area contributed by atoms with Gasteiger partial charge in [-0.05, 0) is 51.5 Å². The van der Waals surface area contributed by atoms with E-state index in [-0.39, 0.29) is 12.3 Å². The van der Waals surface area contributed by atoms with Crippen LogP contribution in [0.4, 0.5) is 5.69 Å². The highest BCUT2D eigenvalue weighted by Gasteiger charge is 2.15. The Balaban J connectivity index is 1.62. The van der Waals surface area contributed by atoms with E-state index in [1.807, 2.05) is 74.8 Å². The smallest absolute Gasteiger partial charge is 0.227 e. The minimum absolute atomic E-state index is 0.0847. The van der Waals surface area contributed by atoms with Gasteiger partial charge in [0.05, 0.1) is 35.8 Å². The molecule has 0 aliphatic heterocycles. The Morgan fingerprint density at radius 3 is 2.52 bits per heavy atom. The van der Waals surface area contributed by atoms with Gasteiger partial charge in [-0.25, -0.2) is 4.68 Å². The average Bonchev–Trinajstić information content (AvgIpc) is 2.92. The van der Waals surface area contributed by atoms with Crippen LogP contribution in [-0.2, 0) is 4.79 Å². The predicted molar refractivity (Wildman–Crippen MR) is 108 cm³/mol. The molecule has 140 valence electrons. The molecule has 27 heavy (non-hydrogen) atoms. The fourth-order valence-electron chi connectivity index (χ4n) is 3.06. The third-order valence-corrected chi connectivity index (χ3v) is 4.47. The Morgan fingerprint density at radius 2 is 1.81 bits per heavy atom. The molecule has 0 atom stereocenters. The monoisotopic (exact) mass is 363 g/mol. The van der Waals surface area contributed by atoms with Crippen LogP contribution in [0.2, 0.25) is 0 Å². The summed E-state index contributed by atoms with van der Waals surface area (Å²) < 4.78 is 7.60. The molecular weight excluding hydrogens is 338 g/mol. The van der Waals surface area contributed by atoms with Crippen molar-refractivity contribution < 1.29 is 9.53 Å². The van der Waals surface area contributed by atoms with E-state index in [9.17, 15) is 4.79 Å². The zero-order chi connectivity index (χ0) is 19.4. The second-order valence-electron chi connectivity index (χ2n) is 6.71. The molecule has 1 N–H and O–H groups in total. The van der Waals surface area contributed by atoms with E-state index in [1.54, 1.807) is 0 Å². The van der Waals surface area contributed by atoms with Crippen LogP contribution in [0.3, 0.4) is 0 Å². The number of amides is 1. The Morgan fingerprint density at radius 1 is 1.07 bits per heavy atom. The predicted octanol–water partition coefficient (Wildman–Crippen LogP) is 4.51. The molecule has 0 spiro atoms. The summed E-state index contributed by atoms with van der Waals surface area (Å²) in [7, 11) is 0. The summed E-state index contributed by atoms with van der Waals surface area (Å²) in [6.07, 6.45) is 0.280. The molecule has 0 saturated heterocycles. The molecule has 0 fully saturated rings. The van der Waals surface area contributed by atoms with Crippen molar-refractivity contribution in [2.45, 2.75) is 34.1 Å². The van der Waals surface area contributed by atoms with E-state index in [2.05, 4.69) is 16.5 Å². The Bertz CT molecular complexity index is 946. The molecule has 3 rings (SSSR count). The molecule has 5 nitrogen and oxygen atoms in total. The summed E-state index contributed by atoms with van der Waals surface area (Å²) in [6.45, 7) is 8.24. The van der Waals surface area contributed by atoms with E-state index < -0.39 is 0 Å². The second-order valence-corrected chi connectivity index (χ2v) is 6.71. The van der Waals surface area contributed by atoms with Crippen LogP contribution in [0.5, 0.6) is 5.75 Å². The van der Waals surface area contributed by atoms with E-state index >= 15 is 0 Å². The van der Waals surface area contributed by atoms with E-state index in [0.717, 1.165) is 34.1 Å². The molecular formula is C22H25N3O2.